The molecule has 18 heavy (non-hydrogen) atoms. The lowest BCUT2D eigenvalue weighted by Crippen LogP contribution is -2.24. The minimum absolute atomic E-state index is 0.0411. The quantitative estimate of drug-likeness (QED) is 0.943. The van der Waals surface area contributed by atoms with Gasteiger partial charge in [-0.3, -0.25) is 4.79 Å². The van der Waals surface area contributed by atoms with Crippen LogP contribution in [-0.4, -0.2) is 16.0 Å². The van der Waals surface area contributed by atoms with Gasteiger partial charge in [-0.1, -0.05) is 21.1 Å². The van der Waals surface area contributed by atoms with Gasteiger partial charge in [0.2, 0.25) is 5.89 Å². The van der Waals surface area contributed by atoms with Gasteiger partial charge in [0.25, 0.3) is 5.91 Å². The third kappa shape index (κ3) is 2.92. The second-order valence-corrected chi connectivity index (χ2v) is 4.46. The van der Waals surface area contributed by atoms with Crippen molar-refractivity contribution >= 4 is 21.8 Å². The van der Waals surface area contributed by atoms with Crippen LogP contribution in [0.15, 0.2) is 27.2 Å². The highest BCUT2D eigenvalue weighted by Gasteiger charge is 2.13. The first-order valence-electron chi connectivity index (χ1n) is 5.08. The Morgan fingerprint density at radius 2 is 2.33 bits per heavy atom. The average molecular weight is 314 g/mol. The SMILES string of the molecule is Cc1noc(CNC(=O)c2cc(Br)ccc2F)n1. The van der Waals surface area contributed by atoms with E-state index >= 15 is 0 Å². The van der Waals surface area contributed by atoms with E-state index in [0.29, 0.717) is 10.3 Å². The molecule has 0 aliphatic rings. The van der Waals surface area contributed by atoms with Crippen LogP contribution in [0.5, 0.6) is 0 Å². The van der Waals surface area contributed by atoms with E-state index in [1.165, 1.54) is 18.2 Å². The number of halogens is 2. The van der Waals surface area contributed by atoms with Crippen LogP contribution < -0.4 is 5.32 Å². The zero-order valence-corrected chi connectivity index (χ0v) is 11.0. The number of benzene rings is 1. The summed E-state index contributed by atoms with van der Waals surface area (Å²) in [6.07, 6.45) is 0. The van der Waals surface area contributed by atoms with Crippen LogP contribution in [0.3, 0.4) is 0 Å². The van der Waals surface area contributed by atoms with E-state index in [1.807, 2.05) is 0 Å². The molecule has 1 amide bonds. The summed E-state index contributed by atoms with van der Waals surface area (Å²) >= 11 is 3.18. The first-order chi connectivity index (χ1) is 8.56. The second kappa shape index (κ2) is 5.26. The van der Waals surface area contributed by atoms with Gasteiger partial charge < -0.3 is 9.84 Å². The van der Waals surface area contributed by atoms with Crippen molar-refractivity contribution in [2.75, 3.05) is 0 Å². The molecule has 1 N–H and O–H groups in total. The number of rotatable bonds is 3. The number of amides is 1. The summed E-state index contributed by atoms with van der Waals surface area (Å²) in [5, 5.41) is 6.08. The Balaban J connectivity index is 2.05. The molecular formula is C11H9BrFN3O2. The third-order valence-corrected chi connectivity index (χ3v) is 2.64. The molecule has 7 heteroatoms. The number of hydrogen-bond acceptors (Lipinski definition) is 4. The van der Waals surface area contributed by atoms with Crippen molar-refractivity contribution < 1.29 is 13.7 Å². The molecule has 94 valence electrons. The standard InChI is InChI=1S/C11H9BrFN3O2/c1-6-15-10(18-16-6)5-14-11(17)8-4-7(12)2-3-9(8)13/h2-4H,5H2,1H3,(H,14,17). The zero-order valence-electron chi connectivity index (χ0n) is 9.41. The normalized spacial score (nSPS) is 10.4. The lowest BCUT2D eigenvalue weighted by molar-refractivity contribution is 0.0942. The fraction of sp³-hybridized carbons (Fsp3) is 0.182. The Kier molecular flexibility index (Phi) is 3.71. The Morgan fingerprint density at radius 1 is 1.56 bits per heavy atom. The molecule has 0 radical (unpaired) electrons. The predicted molar refractivity (Wildman–Crippen MR) is 64.3 cm³/mol. The van der Waals surface area contributed by atoms with Crippen molar-refractivity contribution in [3.05, 3.63) is 45.8 Å². The maximum atomic E-state index is 13.4. The van der Waals surface area contributed by atoms with E-state index in [4.69, 9.17) is 4.52 Å². The highest BCUT2D eigenvalue weighted by atomic mass is 79.9. The zero-order chi connectivity index (χ0) is 13.1. The minimum Gasteiger partial charge on any atom is -0.343 e. The summed E-state index contributed by atoms with van der Waals surface area (Å²) in [6, 6.07) is 4.15. The van der Waals surface area contributed by atoms with Crippen LogP contribution in [0.1, 0.15) is 22.1 Å². The van der Waals surface area contributed by atoms with Crippen LogP contribution in [0.4, 0.5) is 4.39 Å². The molecule has 1 aromatic heterocycles. The van der Waals surface area contributed by atoms with E-state index in [-0.39, 0.29) is 18.0 Å². The number of aryl methyl sites for hydroxylation is 1. The number of nitrogens with one attached hydrogen (secondary N) is 1. The maximum Gasteiger partial charge on any atom is 0.254 e. The van der Waals surface area contributed by atoms with Crippen LogP contribution in [-0.2, 0) is 6.54 Å². The van der Waals surface area contributed by atoms with Gasteiger partial charge in [-0.2, -0.15) is 4.98 Å². The average Bonchev–Trinajstić information content (AvgIpc) is 2.75. The van der Waals surface area contributed by atoms with E-state index < -0.39 is 11.7 Å². The van der Waals surface area contributed by atoms with Crippen molar-refractivity contribution in [1.82, 2.24) is 15.5 Å². The topological polar surface area (TPSA) is 68.0 Å². The fourth-order valence-electron chi connectivity index (χ4n) is 1.33. The van der Waals surface area contributed by atoms with Gasteiger partial charge >= 0.3 is 0 Å². The first kappa shape index (κ1) is 12.7. The van der Waals surface area contributed by atoms with Gasteiger partial charge in [0.1, 0.15) is 5.82 Å². The molecule has 2 aromatic rings. The number of carbonyl (C=O) groups excluding carboxylic acids is 1. The molecule has 0 bridgehead atoms. The number of nitrogens with zero attached hydrogens (tertiary/aromatic N) is 2. The molecular weight excluding hydrogens is 305 g/mol. The molecule has 0 fully saturated rings. The predicted octanol–water partition coefficient (Wildman–Crippen LogP) is 2.21. The number of hydrogen-bond donors (Lipinski definition) is 1. The molecule has 0 saturated carbocycles. The summed E-state index contributed by atoms with van der Waals surface area (Å²) in [4.78, 5) is 15.7. The van der Waals surface area contributed by atoms with Gasteiger partial charge in [-0.05, 0) is 25.1 Å². The van der Waals surface area contributed by atoms with Crippen molar-refractivity contribution in [1.29, 1.82) is 0 Å². The molecule has 0 saturated heterocycles. The molecule has 0 spiro atoms. The Labute approximate surface area is 111 Å². The summed E-state index contributed by atoms with van der Waals surface area (Å²) < 4.78 is 18.9. The Morgan fingerprint density at radius 3 is 3.00 bits per heavy atom. The molecule has 1 aromatic carbocycles. The van der Waals surface area contributed by atoms with Gasteiger partial charge in [0.05, 0.1) is 12.1 Å². The lowest BCUT2D eigenvalue weighted by atomic mass is 10.2. The molecule has 0 aliphatic heterocycles. The first-order valence-corrected chi connectivity index (χ1v) is 5.88. The van der Waals surface area contributed by atoms with Crippen molar-refractivity contribution in [3.63, 3.8) is 0 Å². The van der Waals surface area contributed by atoms with E-state index in [9.17, 15) is 9.18 Å². The van der Waals surface area contributed by atoms with E-state index in [0.717, 1.165) is 0 Å². The van der Waals surface area contributed by atoms with Gasteiger partial charge in [0, 0.05) is 4.47 Å². The monoisotopic (exact) mass is 313 g/mol. The molecule has 5 nitrogen and oxygen atoms in total. The Hall–Kier alpha value is -1.76. The van der Waals surface area contributed by atoms with Crippen molar-refractivity contribution in [2.45, 2.75) is 13.5 Å². The minimum atomic E-state index is -0.586. The molecule has 0 aliphatic carbocycles. The van der Waals surface area contributed by atoms with Crippen LogP contribution in [0, 0.1) is 12.7 Å². The molecule has 0 atom stereocenters. The van der Waals surface area contributed by atoms with Gasteiger partial charge in [-0.25, -0.2) is 4.39 Å². The van der Waals surface area contributed by atoms with E-state index in [2.05, 4.69) is 31.4 Å². The van der Waals surface area contributed by atoms with Crippen molar-refractivity contribution in [2.24, 2.45) is 0 Å². The van der Waals surface area contributed by atoms with Crippen molar-refractivity contribution in [3.8, 4) is 0 Å². The van der Waals surface area contributed by atoms with Gasteiger partial charge in [-0.15, -0.1) is 0 Å². The molecule has 1 heterocycles. The summed E-state index contributed by atoms with van der Waals surface area (Å²) in [5.74, 6) is -0.369. The lowest BCUT2D eigenvalue weighted by Gasteiger charge is -2.04. The third-order valence-electron chi connectivity index (χ3n) is 2.14. The highest BCUT2D eigenvalue weighted by Crippen LogP contribution is 2.15. The summed E-state index contributed by atoms with van der Waals surface area (Å²) in [5.41, 5.74) is -0.0411. The molecule has 2 rings (SSSR count). The van der Waals surface area contributed by atoms with Gasteiger partial charge in [0.15, 0.2) is 5.82 Å². The number of carbonyl (C=O) groups is 1. The fourth-order valence-corrected chi connectivity index (χ4v) is 1.70. The smallest absolute Gasteiger partial charge is 0.254 e. The van der Waals surface area contributed by atoms with Crippen LogP contribution in [0.25, 0.3) is 0 Å². The van der Waals surface area contributed by atoms with Crippen LogP contribution in [0.2, 0.25) is 0 Å². The summed E-state index contributed by atoms with van der Waals surface area (Å²) in [6.45, 7) is 1.73. The summed E-state index contributed by atoms with van der Waals surface area (Å²) in [7, 11) is 0. The second-order valence-electron chi connectivity index (χ2n) is 3.54. The number of aromatic nitrogens is 2. The maximum absolute atomic E-state index is 13.4. The largest absolute Gasteiger partial charge is 0.343 e. The van der Waals surface area contributed by atoms with Crippen LogP contribution >= 0.6 is 15.9 Å². The highest BCUT2D eigenvalue weighted by molar-refractivity contribution is 9.10. The van der Waals surface area contributed by atoms with E-state index in [1.54, 1.807) is 6.92 Å². The molecule has 0 unspecified atom stereocenters. The Bertz CT molecular complexity index is 585.